The number of amides is 2. The van der Waals surface area contributed by atoms with Crippen molar-refractivity contribution < 1.29 is 27.2 Å². The summed E-state index contributed by atoms with van der Waals surface area (Å²) in [5.74, 6) is -0.495. The summed E-state index contributed by atoms with van der Waals surface area (Å²) >= 11 is 0. The van der Waals surface area contributed by atoms with Gasteiger partial charge in [-0.15, -0.1) is 0 Å². The van der Waals surface area contributed by atoms with E-state index in [4.69, 9.17) is 9.15 Å². The molecule has 2 aromatic carbocycles. The molecule has 9 nitrogen and oxygen atoms in total. The molecular weight excluding hydrogens is 434 g/mol. The maximum Gasteiger partial charge on any atom is 0.291 e. The average Bonchev–Trinajstić information content (AvgIpc) is 3.39. The van der Waals surface area contributed by atoms with E-state index in [9.17, 15) is 18.0 Å². The van der Waals surface area contributed by atoms with Crippen LogP contribution in [0.3, 0.4) is 0 Å². The number of hydrogen-bond acceptors (Lipinski definition) is 6. The van der Waals surface area contributed by atoms with E-state index in [0.29, 0.717) is 11.4 Å². The number of rotatable bonds is 8. The molecule has 3 N–H and O–H groups in total. The summed E-state index contributed by atoms with van der Waals surface area (Å²) < 4.78 is 38.0. The van der Waals surface area contributed by atoms with Crippen molar-refractivity contribution in [3.63, 3.8) is 0 Å². The van der Waals surface area contributed by atoms with Gasteiger partial charge in [0.05, 0.1) is 24.0 Å². The van der Waals surface area contributed by atoms with Gasteiger partial charge >= 0.3 is 0 Å². The number of sulfonamides is 1. The molecule has 0 unspecified atom stereocenters. The fourth-order valence-electron chi connectivity index (χ4n) is 2.97. The first-order chi connectivity index (χ1) is 15.4. The highest BCUT2D eigenvalue weighted by Gasteiger charge is 2.28. The van der Waals surface area contributed by atoms with Crippen LogP contribution in [-0.4, -0.2) is 33.4 Å². The minimum absolute atomic E-state index is 0.0277. The van der Waals surface area contributed by atoms with E-state index in [1.54, 1.807) is 24.3 Å². The van der Waals surface area contributed by atoms with E-state index in [1.165, 1.54) is 43.7 Å². The van der Waals surface area contributed by atoms with Crippen LogP contribution in [0.25, 0.3) is 0 Å². The third kappa shape index (κ3) is 4.98. The monoisotopic (exact) mass is 455 g/mol. The van der Waals surface area contributed by atoms with Crippen molar-refractivity contribution in [3.8, 4) is 5.75 Å². The second-order valence-corrected chi connectivity index (χ2v) is 8.94. The van der Waals surface area contributed by atoms with Crippen molar-refractivity contribution in [2.24, 2.45) is 0 Å². The molecule has 1 aromatic heterocycles. The van der Waals surface area contributed by atoms with E-state index in [0.717, 1.165) is 12.8 Å². The fraction of sp³-hybridized carbons (Fsp3) is 0.182. The molecule has 0 bridgehead atoms. The first-order valence-electron chi connectivity index (χ1n) is 9.82. The minimum Gasteiger partial charge on any atom is -0.495 e. The third-order valence-corrected chi connectivity index (χ3v) is 6.27. The standard InChI is InChI=1S/C22H21N3O6S/c1-30-19-10-9-17(32(28,29)25-15-7-8-15)13-18(19)24-21(26)14-4-2-5-16(12-14)23-22(27)20-6-3-11-31-20/h2-6,9-13,15,25H,7-8H2,1H3,(H,23,27)(H,24,26). The Morgan fingerprint density at radius 2 is 1.81 bits per heavy atom. The molecule has 0 radical (unpaired) electrons. The van der Waals surface area contributed by atoms with Crippen LogP contribution in [0.4, 0.5) is 11.4 Å². The molecule has 0 saturated heterocycles. The largest absolute Gasteiger partial charge is 0.495 e. The lowest BCUT2D eigenvalue weighted by molar-refractivity contribution is 0.0993. The van der Waals surface area contributed by atoms with Crippen LogP contribution in [0.15, 0.2) is 70.2 Å². The zero-order chi connectivity index (χ0) is 22.7. The molecule has 0 aliphatic heterocycles. The molecule has 1 aliphatic carbocycles. The lowest BCUT2D eigenvalue weighted by Crippen LogP contribution is -2.26. The summed E-state index contributed by atoms with van der Waals surface area (Å²) in [5.41, 5.74) is 0.867. The highest BCUT2D eigenvalue weighted by atomic mass is 32.2. The maximum absolute atomic E-state index is 12.8. The molecule has 1 fully saturated rings. The van der Waals surface area contributed by atoms with Gasteiger partial charge in [-0.2, -0.15) is 0 Å². The van der Waals surface area contributed by atoms with Crippen LogP contribution in [0.5, 0.6) is 5.75 Å². The van der Waals surface area contributed by atoms with Crippen LogP contribution in [0.1, 0.15) is 33.8 Å². The average molecular weight is 455 g/mol. The summed E-state index contributed by atoms with van der Waals surface area (Å²) in [5, 5.41) is 5.33. The number of carbonyl (C=O) groups excluding carboxylic acids is 2. The van der Waals surface area contributed by atoms with Crippen molar-refractivity contribution in [1.29, 1.82) is 0 Å². The number of methoxy groups -OCH3 is 1. The Labute approximate surface area is 184 Å². The van der Waals surface area contributed by atoms with Gasteiger partial charge in [0, 0.05) is 17.3 Å². The number of nitrogens with one attached hydrogen (secondary N) is 3. The van der Waals surface area contributed by atoms with Gasteiger partial charge in [0.15, 0.2) is 5.76 Å². The molecule has 166 valence electrons. The van der Waals surface area contributed by atoms with Crippen LogP contribution < -0.4 is 20.1 Å². The summed E-state index contributed by atoms with van der Waals surface area (Å²) in [6.07, 6.45) is 3.01. The summed E-state index contributed by atoms with van der Waals surface area (Å²) in [6.45, 7) is 0. The lowest BCUT2D eigenvalue weighted by atomic mass is 10.1. The number of furan rings is 1. The maximum atomic E-state index is 12.8. The summed E-state index contributed by atoms with van der Waals surface area (Å²) in [7, 11) is -2.28. The van der Waals surface area contributed by atoms with E-state index in [1.807, 2.05) is 0 Å². The molecular formula is C22H21N3O6S. The molecule has 3 aromatic rings. The van der Waals surface area contributed by atoms with Gasteiger partial charge in [0.2, 0.25) is 10.0 Å². The molecule has 32 heavy (non-hydrogen) atoms. The van der Waals surface area contributed by atoms with Crippen molar-refractivity contribution in [1.82, 2.24) is 4.72 Å². The van der Waals surface area contributed by atoms with Gasteiger partial charge in [-0.3, -0.25) is 9.59 Å². The zero-order valence-electron chi connectivity index (χ0n) is 17.1. The molecule has 0 atom stereocenters. The van der Waals surface area contributed by atoms with E-state index in [2.05, 4.69) is 15.4 Å². The Hall–Kier alpha value is -3.63. The Bertz CT molecular complexity index is 1250. The number of ether oxygens (including phenoxy) is 1. The minimum atomic E-state index is -3.70. The molecule has 4 rings (SSSR count). The molecule has 1 heterocycles. The highest BCUT2D eigenvalue weighted by Crippen LogP contribution is 2.29. The number of anilines is 2. The Kier molecular flexibility index (Phi) is 5.97. The second-order valence-electron chi connectivity index (χ2n) is 7.22. The molecule has 1 saturated carbocycles. The molecule has 2 amide bonds. The van der Waals surface area contributed by atoms with Crippen molar-refractivity contribution in [2.75, 3.05) is 17.7 Å². The Morgan fingerprint density at radius 1 is 1.00 bits per heavy atom. The normalized spacial score (nSPS) is 13.4. The first kappa shape index (κ1) is 21.6. The predicted octanol–water partition coefficient (Wildman–Crippen LogP) is 3.23. The van der Waals surface area contributed by atoms with Crippen molar-refractivity contribution >= 4 is 33.2 Å². The van der Waals surface area contributed by atoms with Crippen LogP contribution >= 0.6 is 0 Å². The molecule has 10 heteroatoms. The second kappa shape index (κ2) is 8.85. The summed E-state index contributed by atoms with van der Waals surface area (Å²) in [4.78, 5) is 25.0. The highest BCUT2D eigenvalue weighted by molar-refractivity contribution is 7.89. The third-order valence-electron chi connectivity index (χ3n) is 4.76. The fourth-order valence-corrected chi connectivity index (χ4v) is 4.30. The van der Waals surface area contributed by atoms with E-state index < -0.39 is 21.8 Å². The van der Waals surface area contributed by atoms with Gasteiger partial charge in [-0.25, -0.2) is 13.1 Å². The van der Waals surface area contributed by atoms with Gasteiger partial charge < -0.3 is 19.8 Å². The van der Waals surface area contributed by atoms with Gasteiger partial charge in [-0.1, -0.05) is 6.07 Å². The lowest BCUT2D eigenvalue weighted by Gasteiger charge is -2.13. The Balaban J connectivity index is 1.53. The topological polar surface area (TPSA) is 127 Å². The predicted molar refractivity (Wildman–Crippen MR) is 117 cm³/mol. The number of benzene rings is 2. The first-order valence-corrected chi connectivity index (χ1v) is 11.3. The van der Waals surface area contributed by atoms with Gasteiger partial charge in [0.25, 0.3) is 11.8 Å². The van der Waals surface area contributed by atoms with Crippen molar-refractivity contribution in [3.05, 3.63) is 72.2 Å². The SMILES string of the molecule is COc1ccc(S(=O)(=O)NC2CC2)cc1NC(=O)c1cccc(NC(=O)c2ccco2)c1. The number of carbonyl (C=O) groups is 2. The smallest absolute Gasteiger partial charge is 0.291 e. The van der Waals surface area contributed by atoms with Crippen LogP contribution in [0.2, 0.25) is 0 Å². The zero-order valence-corrected chi connectivity index (χ0v) is 17.9. The van der Waals surface area contributed by atoms with Crippen LogP contribution in [-0.2, 0) is 10.0 Å². The van der Waals surface area contributed by atoms with Gasteiger partial charge in [0.1, 0.15) is 5.75 Å². The quantitative estimate of drug-likeness (QED) is 0.479. The van der Waals surface area contributed by atoms with E-state index in [-0.39, 0.29) is 27.9 Å². The van der Waals surface area contributed by atoms with Crippen LogP contribution in [0, 0.1) is 0 Å². The number of hydrogen-bond donors (Lipinski definition) is 3. The summed E-state index contributed by atoms with van der Waals surface area (Å²) in [6, 6.07) is 13.7. The molecule has 1 aliphatic rings. The van der Waals surface area contributed by atoms with E-state index >= 15 is 0 Å². The van der Waals surface area contributed by atoms with Gasteiger partial charge in [-0.05, 0) is 61.4 Å². The molecule has 0 spiro atoms. The Morgan fingerprint density at radius 3 is 2.50 bits per heavy atom. The van der Waals surface area contributed by atoms with Crippen molar-refractivity contribution in [2.45, 2.75) is 23.8 Å².